The molecule has 0 aliphatic carbocycles. The molecule has 1 aliphatic heterocycles. The van der Waals surface area contributed by atoms with E-state index in [9.17, 15) is 13.2 Å². The van der Waals surface area contributed by atoms with E-state index in [2.05, 4.69) is 10.1 Å². The Kier molecular flexibility index (Phi) is 4.69. The Morgan fingerprint density at radius 2 is 1.84 bits per heavy atom. The van der Waals surface area contributed by atoms with E-state index in [1.54, 1.807) is 12.1 Å². The molecule has 2 nitrogen and oxygen atoms in total. The summed E-state index contributed by atoms with van der Waals surface area (Å²) in [5.41, 5.74) is 1.04. The fourth-order valence-electron chi connectivity index (χ4n) is 2.39. The number of alkyl halides is 3. The van der Waals surface area contributed by atoms with Crippen LogP contribution in [0.4, 0.5) is 13.2 Å². The number of nitrogens with one attached hydrogen (secondary N) is 1. The minimum absolute atomic E-state index is 0.162. The Morgan fingerprint density at radius 1 is 1.11 bits per heavy atom. The fraction of sp³-hybridized carbons (Fsp3) is 0.571. The van der Waals surface area contributed by atoms with Gasteiger partial charge in [0, 0.05) is 6.04 Å². The van der Waals surface area contributed by atoms with E-state index in [0.717, 1.165) is 24.9 Å². The minimum Gasteiger partial charge on any atom is -0.406 e. The standard InChI is InChI=1S/C14H18F3NO/c15-14(16,17)19-13-7-5-11(6-8-13)10-12-4-2-1-3-9-18-12/h5-8,12,18H,1-4,9-10H2. The van der Waals surface area contributed by atoms with Gasteiger partial charge in [-0.2, -0.15) is 0 Å². The molecular weight excluding hydrogens is 255 g/mol. The third-order valence-electron chi connectivity index (χ3n) is 3.30. The number of halogens is 3. The molecule has 1 heterocycles. The SMILES string of the molecule is FC(F)(F)Oc1ccc(CC2CCCCCN2)cc1. The highest BCUT2D eigenvalue weighted by molar-refractivity contribution is 5.28. The lowest BCUT2D eigenvalue weighted by atomic mass is 10.0. The molecule has 0 radical (unpaired) electrons. The van der Waals surface area contributed by atoms with Crippen LogP contribution < -0.4 is 10.1 Å². The fourth-order valence-corrected chi connectivity index (χ4v) is 2.39. The van der Waals surface area contributed by atoms with Gasteiger partial charge in [-0.05, 0) is 43.5 Å². The van der Waals surface area contributed by atoms with Crippen LogP contribution in [0.2, 0.25) is 0 Å². The molecule has 19 heavy (non-hydrogen) atoms. The average molecular weight is 273 g/mol. The van der Waals surface area contributed by atoms with E-state index in [1.165, 1.54) is 31.4 Å². The topological polar surface area (TPSA) is 21.3 Å². The Morgan fingerprint density at radius 3 is 2.53 bits per heavy atom. The number of hydrogen-bond acceptors (Lipinski definition) is 2. The van der Waals surface area contributed by atoms with E-state index >= 15 is 0 Å². The van der Waals surface area contributed by atoms with Gasteiger partial charge in [-0.1, -0.05) is 25.0 Å². The van der Waals surface area contributed by atoms with Gasteiger partial charge in [0.15, 0.2) is 0 Å². The second-order valence-corrected chi connectivity index (χ2v) is 4.90. The zero-order valence-corrected chi connectivity index (χ0v) is 10.7. The van der Waals surface area contributed by atoms with Gasteiger partial charge in [-0.15, -0.1) is 13.2 Å². The summed E-state index contributed by atoms with van der Waals surface area (Å²) < 4.78 is 39.9. The van der Waals surface area contributed by atoms with Crippen molar-refractivity contribution in [3.63, 3.8) is 0 Å². The molecule has 1 fully saturated rings. The summed E-state index contributed by atoms with van der Waals surface area (Å²) in [5.74, 6) is -0.162. The van der Waals surface area contributed by atoms with Gasteiger partial charge >= 0.3 is 6.36 Å². The van der Waals surface area contributed by atoms with Crippen LogP contribution in [0, 0.1) is 0 Å². The van der Waals surface area contributed by atoms with Gasteiger partial charge in [-0.25, -0.2) is 0 Å². The molecule has 1 aromatic rings. The number of rotatable bonds is 3. The van der Waals surface area contributed by atoms with E-state index in [4.69, 9.17) is 0 Å². The van der Waals surface area contributed by atoms with Gasteiger partial charge in [0.2, 0.25) is 0 Å². The molecule has 0 spiro atoms. The van der Waals surface area contributed by atoms with Crippen molar-refractivity contribution in [2.45, 2.75) is 44.5 Å². The molecule has 106 valence electrons. The molecule has 1 atom stereocenters. The average Bonchev–Trinajstić information content (AvgIpc) is 2.58. The van der Waals surface area contributed by atoms with Crippen molar-refractivity contribution in [3.8, 4) is 5.75 Å². The largest absolute Gasteiger partial charge is 0.573 e. The maximum Gasteiger partial charge on any atom is 0.573 e. The van der Waals surface area contributed by atoms with Crippen molar-refractivity contribution in [2.75, 3.05) is 6.54 Å². The van der Waals surface area contributed by atoms with Gasteiger partial charge in [0.05, 0.1) is 0 Å². The monoisotopic (exact) mass is 273 g/mol. The molecule has 0 bridgehead atoms. The van der Waals surface area contributed by atoms with Crippen molar-refractivity contribution in [1.82, 2.24) is 5.32 Å². The molecule has 1 N–H and O–H groups in total. The first-order valence-corrected chi connectivity index (χ1v) is 6.61. The number of ether oxygens (including phenoxy) is 1. The van der Waals surface area contributed by atoms with Gasteiger partial charge in [0.25, 0.3) is 0 Å². The Hall–Kier alpha value is -1.23. The molecule has 0 saturated carbocycles. The van der Waals surface area contributed by atoms with Gasteiger partial charge in [0.1, 0.15) is 5.75 Å². The first kappa shape index (κ1) is 14.2. The Balaban J connectivity index is 1.90. The molecular formula is C14H18F3NO. The third-order valence-corrected chi connectivity index (χ3v) is 3.30. The summed E-state index contributed by atoms with van der Waals surface area (Å²) in [7, 11) is 0. The van der Waals surface area contributed by atoms with Crippen LogP contribution in [0.1, 0.15) is 31.2 Å². The van der Waals surface area contributed by atoms with Crippen LogP contribution >= 0.6 is 0 Å². The van der Waals surface area contributed by atoms with E-state index in [1.807, 2.05) is 0 Å². The van der Waals surface area contributed by atoms with E-state index in [-0.39, 0.29) is 5.75 Å². The normalized spacial score (nSPS) is 20.9. The summed E-state index contributed by atoms with van der Waals surface area (Å²) in [6.07, 6.45) is 1.03. The summed E-state index contributed by atoms with van der Waals surface area (Å²) >= 11 is 0. The summed E-state index contributed by atoms with van der Waals surface area (Å²) in [6, 6.07) is 6.58. The summed E-state index contributed by atoms with van der Waals surface area (Å²) in [4.78, 5) is 0. The molecule has 1 unspecified atom stereocenters. The maximum atomic E-state index is 12.0. The van der Waals surface area contributed by atoms with E-state index in [0.29, 0.717) is 6.04 Å². The lowest BCUT2D eigenvalue weighted by molar-refractivity contribution is -0.274. The highest BCUT2D eigenvalue weighted by Gasteiger charge is 2.30. The molecule has 0 amide bonds. The van der Waals surface area contributed by atoms with Gasteiger partial charge < -0.3 is 10.1 Å². The second kappa shape index (κ2) is 6.28. The quantitative estimate of drug-likeness (QED) is 0.907. The summed E-state index contributed by atoms with van der Waals surface area (Å²) in [5, 5.41) is 3.47. The van der Waals surface area contributed by atoms with Crippen LogP contribution in [0.15, 0.2) is 24.3 Å². The smallest absolute Gasteiger partial charge is 0.406 e. The number of hydrogen-bond donors (Lipinski definition) is 1. The summed E-state index contributed by atoms with van der Waals surface area (Å²) in [6.45, 7) is 1.03. The predicted octanol–water partition coefficient (Wildman–Crippen LogP) is 3.66. The predicted molar refractivity (Wildman–Crippen MR) is 67.1 cm³/mol. The zero-order chi connectivity index (χ0) is 13.7. The van der Waals surface area contributed by atoms with Crippen LogP contribution in [0.25, 0.3) is 0 Å². The lowest BCUT2D eigenvalue weighted by Crippen LogP contribution is -2.30. The first-order valence-electron chi connectivity index (χ1n) is 6.61. The Labute approximate surface area is 111 Å². The highest BCUT2D eigenvalue weighted by atomic mass is 19.4. The second-order valence-electron chi connectivity index (χ2n) is 4.90. The highest BCUT2D eigenvalue weighted by Crippen LogP contribution is 2.23. The van der Waals surface area contributed by atoms with Crippen molar-refractivity contribution >= 4 is 0 Å². The third kappa shape index (κ3) is 5.11. The first-order chi connectivity index (χ1) is 9.03. The molecule has 1 aromatic carbocycles. The molecule has 0 aromatic heterocycles. The molecule has 5 heteroatoms. The van der Waals surface area contributed by atoms with Gasteiger partial charge in [-0.3, -0.25) is 0 Å². The van der Waals surface area contributed by atoms with Crippen LogP contribution in [-0.4, -0.2) is 18.9 Å². The maximum absolute atomic E-state index is 12.0. The molecule has 1 saturated heterocycles. The van der Waals surface area contributed by atoms with Crippen molar-refractivity contribution in [1.29, 1.82) is 0 Å². The Bertz CT molecular complexity index is 381. The van der Waals surface area contributed by atoms with Crippen molar-refractivity contribution in [2.24, 2.45) is 0 Å². The van der Waals surface area contributed by atoms with E-state index < -0.39 is 6.36 Å². The minimum atomic E-state index is -4.62. The van der Waals surface area contributed by atoms with Crippen LogP contribution in [0.3, 0.4) is 0 Å². The van der Waals surface area contributed by atoms with Crippen molar-refractivity contribution in [3.05, 3.63) is 29.8 Å². The van der Waals surface area contributed by atoms with Crippen molar-refractivity contribution < 1.29 is 17.9 Å². The van der Waals surface area contributed by atoms with Crippen LogP contribution in [-0.2, 0) is 6.42 Å². The van der Waals surface area contributed by atoms with Crippen LogP contribution in [0.5, 0.6) is 5.75 Å². The lowest BCUT2D eigenvalue weighted by Gasteiger charge is -2.16. The zero-order valence-electron chi connectivity index (χ0n) is 10.7. The number of benzene rings is 1. The molecule has 1 aliphatic rings. The molecule has 2 rings (SSSR count).